The van der Waals surface area contributed by atoms with E-state index in [0.29, 0.717) is 0 Å². The first-order chi connectivity index (χ1) is 3.66. The molecular formula is C4H14N2Na2O2. The van der Waals surface area contributed by atoms with Gasteiger partial charge in [0.15, 0.2) is 6.29 Å². The van der Waals surface area contributed by atoms with Crippen LogP contribution in [0.15, 0.2) is 0 Å². The van der Waals surface area contributed by atoms with Crippen molar-refractivity contribution < 1.29 is 72.2 Å². The smallest absolute Gasteiger partial charge is 1.00 e. The zero-order chi connectivity index (χ0) is 6.57. The summed E-state index contributed by atoms with van der Waals surface area (Å²) in [5, 5.41) is 16.5. The van der Waals surface area contributed by atoms with E-state index in [0.717, 1.165) is 0 Å². The van der Waals surface area contributed by atoms with Crippen LogP contribution < -0.4 is 70.6 Å². The average molecular weight is 168 g/mol. The molecule has 1 atom stereocenters. The molecule has 0 spiro atoms. The molecule has 0 bridgehead atoms. The van der Waals surface area contributed by atoms with Crippen LogP contribution in [0.2, 0.25) is 0 Å². The zero-order valence-electron chi connectivity index (χ0n) is 8.62. The van der Waals surface area contributed by atoms with Gasteiger partial charge in [-0.05, 0) is 0 Å². The van der Waals surface area contributed by atoms with Crippen LogP contribution in [0.3, 0.4) is 0 Å². The van der Waals surface area contributed by atoms with E-state index >= 15 is 0 Å². The molecule has 0 saturated heterocycles. The molecule has 54 valence electrons. The Kier molecular flexibility index (Phi) is 19.3. The van der Waals surface area contributed by atoms with Gasteiger partial charge in [0.25, 0.3) is 0 Å². The van der Waals surface area contributed by atoms with E-state index in [4.69, 9.17) is 21.7 Å². The number of hydrogen-bond donors (Lipinski definition) is 4. The molecule has 0 aromatic heterocycles. The minimum atomic E-state index is -1.33. The third-order valence-corrected chi connectivity index (χ3v) is 0.816. The Hall–Kier alpha value is 1.84. The van der Waals surface area contributed by atoms with Crippen LogP contribution in [0.4, 0.5) is 0 Å². The van der Waals surface area contributed by atoms with E-state index in [9.17, 15) is 0 Å². The second kappa shape index (κ2) is 10.8. The Morgan fingerprint density at radius 3 is 1.80 bits per heavy atom. The summed E-state index contributed by atoms with van der Waals surface area (Å²) in [6.45, 7) is 0.289. The molecule has 6 N–H and O–H groups in total. The Balaban J connectivity index is -0.0000000408. The number of hydrogen-bond acceptors (Lipinski definition) is 4. The summed E-state index contributed by atoms with van der Waals surface area (Å²) in [5.74, 6) is 0. The maximum atomic E-state index is 8.27. The number of aliphatic hydroxyl groups is 2. The Labute approximate surface area is 108 Å². The van der Waals surface area contributed by atoms with Crippen molar-refractivity contribution in [1.82, 2.24) is 0 Å². The summed E-state index contributed by atoms with van der Waals surface area (Å²) >= 11 is 0. The molecule has 10 heavy (non-hydrogen) atoms. The van der Waals surface area contributed by atoms with Crippen LogP contribution >= 0.6 is 0 Å². The van der Waals surface area contributed by atoms with Gasteiger partial charge in [-0.25, -0.2) is 0 Å². The first kappa shape index (κ1) is 17.8. The summed E-state index contributed by atoms with van der Waals surface area (Å²) in [6.07, 6.45) is -1.18. The predicted octanol–water partition coefficient (Wildman–Crippen LogP) is -7.79. The fourth-order valence-electron chi connectivity index (χ4n) is 0.367. The molecule has 0 aliphatic carbocycles. The quantitative estimate of drug-likeness (QED) is 0.249. The topological polar surface area (TPSA) is 92.5 Å². The van der Waals surface area contributed by atoms with Crippen molar-refractivity contribution in [2.75, 3.05) is 6.54 Å². The van der Waals surface area contributed by atoms with Crippen LogP contribution in [0.1, 0.15) is 9.27 Å². The second-order valence-corrected chi connectivity index (χ2v) is 1.71. The summed E-state index contributed by atoms with van der Waals surface area (Å²) < 4.78 is 0. The van der Waals surface area contributed by atoms with Crippen molar-refractivity contribution in [3.8, 4) is 0 Å². The van der Waals surface area contributed by atoms with Crippen molar-refractivity contribution in [1.29, 1.82) is 0 Å². The minimum absolute atomic E-state index is 0. The number of rotatable bonds is 3. The minimum Gasteiger partial charge on any atom is -1.00 e. The van der Waals surface area contributed by atoms with E-state index in [2.05, 4.69) is 0 Å². The summed E-state index contributed by atoms with van der Waals surface area (Å²) in [4.78, 5) is 0. The zero-order valence-corrected chi connectivity index (χ0v) is 10.6. The van der Waals surface area contributed by atoms with Gasteiger partial charge >= 0.3 is 59.1 Å². The molecule has 4 nitrogen and oxygen atoms in total. The molecule has 0 heterocycles. The van der Waals surface area contributed by atoms with Gasteiger partial charge in [-0.1, -0.05) is 0 Å². The third-order valence-electron chi connectivity index (χ3n) is 0.816. The van der Waals surface area contributed by atoms with Crippen LogP contribution in [-0.4, -0.2) is 29.1 Å². The van der Waals surface area contributed by atoms with Crippen molar-refractivity contribution in [3.63, 3.8) is 0 Å². The van der Waals surface area contributed by atoms with Gasteiger partial charge in [-0.15, -0.1) is 0 Å². The molecule has 0 aliphatic rings. The molecule has 0 rings (SSSR count). The van der Waals surface area contributed by atoms with Gasteiger partial charge < -0.3 is 24.5 Å². The first-order valence-corrected chi connectivity index (χ1v) is 2.48. The largest absolute Gasteiger partial charge is 1.00 e. The maximum absolute atomic E-state index is 8.27. The molecular weight excluding hydrogens is 154 g/mol. The normalized spacial score (nSPS) is 11.7. The van der Waals surface area contributed by atoms with Gasteiger partial charge in [0.2, 0.25) is 0 Å². The Morgan fingerprint density at radius 2 is 1.70 bits per heavy atom. The molecule has 0 radical (unpaired) electrons. The van der Waals surface area contributed by atoms with Crippen molar-refractivity contribution in [3.05, 3.63) is 0 Å². The molecule has 0 fully saturated rings. The number of aliphatic hydroxyl groups excluding tert-OH is 1. The molecule has 0 amide bonds. The third kappa shape index (κ3) is 12.5. The van der Waals surface area contributed by atoms with E-state index in [1.165, 1.54) is 0 Å². The van der Waals surface area contributed by atoms with E-state index in [1.54, 1.807) is 0 Å². The predicted molar refractivity (Wildman–Crippen MR) is 32.1 cm³/mol. The average Bonchev–Trinajstić information content (AvgIpc) is 1.65. The second-order valence-electron chi connectivity index (χ2n) is 1.71. The van der Waals surface area contributed by atoms with Crippen molar-refractivity contribution in [2.24, 2.45) is 11.5 Å². The van der Waals surface area contributed by atoms with Gasteiger partial charge in [-0.2, -0.15) is 0 Å². The summed E-state index contributed by atoms with van der Waals surface area (Å²) in [7, 11) is 0. The number of nitrogens with two attached hydrogens (primary N) is 2. The molecule has 0 aromatic carbocycles. The fourth-order valence-corrected chi connectivity index (χ4v) is 0.367. The van der Waals surface area contributed by atoms with Gasteiger partial charge in [0, 0.05) is 19.0 Å². The Bertz CT molecular complexity index is 73.0. The SMILES string of the molecule is NCC(N)CC(O)O.[H-].[H-].[Na+].[Na+]. The van der Waals surface area contributed by atoms with E-state index in [1.807, 2.05) is 0 Å². The van der Waals surface area contributed by atoms with Crippen LogP contribution in [0.25, 0.3) is 0 Å². The summed E-state index contributed by atoms with van der Waals surface area (Å²) in [6, 6.07) is -0.296. The van der Waals surface area contributed by atoms with Gasteiger partial charge in [0.1, 0.15) is 0 Å². The molecule has 0 saturated carbocycles. The summed E-state index contributed by atoms with van der Waals surface area (Å²) in [5.41, 5.74) is 10.3. The molecule has 0 aliphatic heterocycles. The monoisotopic (exact) mass is 168 g/mol. The Morgan fingerprint density at radius 1 is 1.30 bits per heavy atom. The van der Waals surface area contributed by atoms with Crippen molar-refractivity contribution in [2.45, 2.75) is 18.8 Å². The standard InChI is InChI=1S/C4H12N2O2.2Na.2H/c5-2-3(6)1-4(7)8;;;;/h3-4,7-8H,1-2,5-6H2;;;;/q;2*+1;2*-1. The first-order valence-electron chi connectivity index (χ1n) is 2.48. The fraction of sp³-hybridized carbons (Fsp3) is 1.00. The molecule has 0 aromatic rings. The van der Waals surface area contributed by atoms with Gasteiger partial charge in [0.05, 0.1) is 0 Å². The van der Waals surface area contributed by atoms with E-state index < -0.39 is 6.29 Å². The van der Waals surface area contributed by atoms with Crippen LogP contribution in [-0.2, 0) is 0 Å². The van der Waals surface area contributed by atoms with Crippen molar-refractivity contribution >= 4 is 0 Å². The van der Waals surface area contributed by atoms with Gasteiger partial charge in [-0.3, -0.25) is 0 Å². The molecule has 6 heteroatoms. The van der Waals surface area contributed by atoms with Crippen LogP contribution in [0.5, 0.6) is 0 Å². The van der Waals surface area contributed by atoms with Crippen LogP contribution in [0, 0.1) is 0 Å². The maximum Gasteiger partial charge on any atom is 1.00 e. The molecule has 1 unspecified atom stereocenters. The van der Waals surface area contributed by atoms with E-state index in [-0.39, 0.29) is 81.0 Å².